The number of hydrogen-bond donors (Lipinski definition) is 1. The second-order valence-electron chi connectivity index (χ2n) is 3.98. The Labute approximate surface area is 89.5 Å². The van der Waals surface area contributed by atoms with Gasteiger partial charge in [-0.3, -0.25) is 0 Å². The maximum Gasteiger partial charge on any atom is 0.0991 e. The molecule has 1 fully saturated rings. The predicted octanol–water partition coefficient (Wildman–Crippen LogP) is 1.56. The molecule has 1 aliphatic carbocycles. The summed E-state index contributed by atoms with van der Waals surface area (Å²) in [4.78, 5) is 0. The number of nitrogens with zero attached hydrogens (tertiary/aromatic N) is 1. The van der Waals surface area contributed by atoms with E-state index in [1.807, 2.05) is 18.2 Å². The minimum Gasteiger partial charge on any atom is -0.373 e. The van der Waals surface area contributed by atoms with Crippen molar-refractivity contribution in [1.29, 1.82) is 5.26 Å². The normalized spacial score (nSPS) is 24.3. The van der Waals surface area contributed by atoms with Crippen LogP contribution in [0.4, 0.5) is 0 Å². The van der Waals surface area contributed by atoms with Gasteiger partial charge in [-0.15, -0.1) is 0 Å². The number of ether oxygens (including phenoxy) is 1. The van der Waals surface area contributed by atoms with Crippen molar-refractivity contribution in [1.82, 2.24) is 0 Å². The van der Waals surface area contributed by atoms with Gasteiger partial charge >= 0.3 is 0 Å². The zero-order valence-electron chi connectivity index (χ0n) is 8.52. The smallest absolute Gasteiger partial charge is 0.0991 e. The van der Waals surface area contributed by atoms with Crippen LogP contribution in [0.15, 0.2) is 24.3 Å². The van der Waals surface area contributed by atoms with Crippen molar-refractivity contribution in [2.24, 2.45) is 5.73 Å². The quantitative estimate of drug-likeness (QED) is 0.809. The Balaban J connectivity index is 1.86. The summed E-state index contributed by atoms with van der Waals surface area (Å²) < 4.78 is 5.64. The average molecular weight is 202 g/mol. The Kier molecular flexibility index (Phi) is 3.00. The molecule has 15 heavy (non-hydrogen) atoms. The summed E-state index contributed by atoms with van der Waals surface area (Å²) in [6, 6.07) is 9.94. The van der Waals surface area contributed by atoms with Crippen molar-refractivity contribution < 1.29 is 4.74 Å². The largest absolute Gasteiger partial charge is 0.373 e. The molecule has 3 heteroatoms. The molecule has 0 aromatic heterocycles. The molecule has 0 radical (unpaired) electrons. The zero-order chi connectivity index (χ0) is 10.7. The zero-order valence-corrected chi connectivity index (χ0v) is 8.52. The molecule has 0 aliphatic heterocycles. The standard InChI is InChI=1S/C12H14N2O/c13-7-9-2-1-3-10(4-9)8-15-12-5-11(14)6-12/h1-4,11-12H,5-6,8,14H2. The molecular formula is C12H14N2O. The van der Waals surface area contributed by atoms with Gasteiger partial charge in [-0.25, -0.2) is 0 Å². The molecule has 0 unspecified atom stereocenters. The van der Waals surface area contributed by atoms with Gasteiger partial charge < -0.3 is 10.5 Å². The van der Waals surface area contributed by atoms with Crippen LogP contribution in [0.1, 0.15) is 24.0 Å². The highest BCUT2D eigenvalue weighted by Gasteiger charge is 2.26. The van der Waals surface area contributed by atoms with Crippen molar-refractivity contribution in [2.75, 3.05) is 0 Å². The fraction of sp³-hybridized carbons (Fsp3) is 0.417. The summed E-state index contributed by atoms with van der Waals surface area (Å²) in [6.45, 7) is 0.576. The fourth-order valence-corrected chi connectivity index (χ4v) is 1.69. The molecule has 1 aromatic rings. The molecule has 1 saturated carbocycles. The topological polar surface area (TPSA) is 59.0 Å². The lowest BCUT2D eigenvalue weighted by molar-refractivity contribution is -0.0188. The van der Waals surface area contributed by atoms with Gasteiger partial charge in [-0.05, 0) is 30.5 Å². The van der Waals surface area contributed by atoms with Gasteiger partial charge in [0.15, 0.2) is 0 Å². The van der Waals surface area contributed by atoms with Crippen molar-refractivity contribution in [2.45, 2.75) is 31.6 Å². The number of rotatable bonds is 3. The van der Waals surface area contributed by atoms with E-state index >= 15 is 0 Å². The van der Waals surface area contributed by atoms with Gasteiger partial charge in [0.1, 0.15) is 0 Å². The first-order valence-electron chi connectivity index (χ1n) is 5.14. The lowest BCUT2D eigenvalue weighted by Crippen LogP contribution is -2.41. The van der Waals surface area contributed by atoms with E-state index in [4.69, 9.17) is 15.7 Å². The maximum atomic E-state index is 8.72. The molecule has 1 aliphatic rings. The first-order valence-corrected chi connectivity index (χ1v) is 5.14. The van der Waals surface area contributed by atoms with Gasteiger partial charge in [0.2, 0.25) is 0 Å². The summed E-state index contributed by atoms with van der Waals surface area (Å²) in [5.74, 6) is 0. The fourth-order valence-electron chi connectivity index (χ4n) is 1.69. The Hall–Kier alpha value is -1.37. The monoisotopic (exact) mass is 202 g/mol. The predicted molar refractivity (Wildman–Crippen MR) is 56.9 cm³/mol. The lowest BCUT2D eigenvalue weighted by atomic mass is 9.90. The highest BCUT2D eigenvalue weighted by atomic mass is 16.5. The Morgan fingerprint density at radius 2 is 2.27 bits per heavy atom. The number of nitriles is 1. The van der Waals surface area contributed by atoms with E-state index < -0.39 is 0 Å². The van der Waals surface area contributed by atoms with Gasteiger partial charge in [0.25, 0.3) is 0 Å². The molecule has 1 aromatic carbocycles. The Bertz CT molecular complexity index is 377. The van der Waals surface area contributed by atoms with E-state index in [9.17, 15) is 0 Å². The molecule has 3 nitrogen and oxygen atoms in total. The third-order valence-electron chi connectivity index (χ3n) is 2.67. The molecule has 78 valence electrons. The first-order chi connectivity index (χ1) is 7.28. The SMILES string of the molecule is N#Cc1cccc(COC2CC(N)C2)c1. The molecule has 0 heterocycles. The van der Waals surface area contributed by atoms with E-state index in [1.165, 1.54) is 0 Å². The third kappa shape index (κ3) is 2.56. The number of benzene rings is 1. The van der Waals surface area contributed by atoms with Crippen LogP contribution in [0.2, 0.25) is 0 Å². The van der Waals surface area contributed by atoms with Crippen LogP contribution in [0.5, 0.6) is 0 Å². The molecule has 0 amide bonds. The summed E-state index contributed by atoms with van der Waals surface area (Å²) in [5.41, 5.74) is 7.39. The number of nitrogens with two attached hydrogens (primary N) is 1. The van der Waals surface area contributed by atoms with Gasteiger partial charge in [-0.2, -0.15) is 5.26 Å². The van der Waals surface area contributed by atoms with Crippen LogP contribution in [0.3, 0.4) is 0 Å². The Morgan fingerprint density at radius 1 is 1.47 bits per heavy atom. The second-order valence-corrected chi connectivity index (χ2v) is 3.98. The van der Waals surface area contributed by atoms with Crippen LogP contribution in [-0.4, -0.2) is 12.1 Å². The molecule has 0 atom stereocenters. The minimum atomic E-state index is 0.311. The van der Waals surface area contributed by atoms with Crippen LogP contribution in [-0.2, 0) is 11.3 Å². The maximum absolute atomic E-state index is 8.72. The molecule has 0 bridgehead atoms. The van der Waals surface area contributed by atoms with Crippen molar-refractivity contribution >= 4 is 0 Å². The summed E-state index contributed by atoms with van der Waals surface area (Å²) in [6.07, 6.45) is 2.22. The summed E-state index contributed by atoms with van der Waals surface area (Å²) in [7, 11) is 0. The molecule has 0 spiro atoms. The first kappa shape index (κ1) is 10.2. The van der Waals surface area contributed by atoms with Crippen LogP contribution < -0.4 is 5.73 Å². The second kappa shape index (κ2) is 4.43. The van der Waals surface area contributed by atoms with E-state index in [0.717, 1.165) is 18.4 Å². The summed E-state index contributed by atoms with van der Waals surface area (Å²) >= 11 is 0. The molecular weight excluding hydrogens is 188 g/mol. The van der Waals surface area contributed by atoms with Gasteiger partial charge in [0.05, 0.1) is 24.3 Å². The minimum absolute atomic E-state index is 0.311. The van der Waals surface area contributed by atoms with E-state index in [-0.39, 0.29) is 0 Å². The van der Waals surface area contributed by atoms with Crippen molar-refractivity contribution in [3.8, 4) is 6.07 Å². The third-order valence-corrected chi connectivity index (χ3v) is 2.67. The van der Waals surface area contributed by atoms with Crippen molar-refractivity contribution in [3.05, 3.63) is 35.4 Å². The average Bonchev–Trinajstić information content (AvgIpc) is 2.23. The van der Waals surface area contributed by atoms with Crippen LogP contribution in [0.25, 0.3) is 0 Å². The van der Waals surface area contributed by atoms with Crippen molar-refractivity contribution in [3.63, 3.8) is 0 Å². The molecule has 2 rings (SSSR count). The summed E-state index contributed by atoms with van der Waals surface area (Å²) in [5, 5.41) is 8.72. The van der Waals surface area contributed by atoms with E-state index in [0.29, 0.717) is 24.3 Å². The number of hydrogen-bond acceptors (Lipinski definition) is 3. The van der Waals surface area contributed by atoms with Gasteiger partial charge in [-0.1, -0.05) is 12.1 Å². The van der Waals surface area contributed by atoms with Gasteiger partial charge in [0, 0.05) is 6.04 Å². The van der Waals surface area contributed by atoms with E-state index in [2.05, 4.69) is 6.07 Å². The molecule has 2 N–H and O–H groups in total. The molecule has 0 saturated heterocycles. The Morgan fingerprint density at radius 3 is 2.93 bits per heavy atom. The van der Waals surface area contributed by atoms with Crippen LogP contribution >= 0.6 is 0 Å². The highest BCUT2D eigenvalue weighted by molar-refractivity contribution is 5.32. The lowest BCUT2D eigenvalue weighted by Gasteiger charge is -2.32. The highest BCUT2D eigenvalue weighted by Crippen LogP contribution is 2.22. The van der Waals surface area contributed by atoms with Crippen LogP contribution in [0, 0.1) is 11.3 Å². The van der Waals surface area contributed by atoms with E-state index in [1.54, 1.807) is 6.07 Å².